The first kappa shape index (κ1) is 22.5. The van der Waals surface area contributed by atoms with Crippen molar-refractivity contribution >= 4 is 17.2 Å². The van der Waals surface area contributed by atoms with E-state index in [9.17, 15) is 4.79 Å². The highest BCUT2D eigenvalue weighted by atomic mass is 32.1. The second-order valence-corrected chi connectivity index (χ2v) is 8.71. The van der Waals surface area contributed by atoms with Crippen LogP contribution in [0.2, 0.25) is 0 Å². The van der Waals surface area contributed by atoms with Crippen molar-refractivity contribution in [1.82, 2.24) is 15.2 Å². The number of carbonyl (C=O) groups excluding carboxylic acids is 1. The molecular formula is C25H29N3O3S. The number of rotatable bonds is 9. The van der Waals surface area contributed by atoms with Gasteiger partial charge in [0.15, 0.2) is 0 Å². The second kappa shape index (κ2) is 11.2. The van der Waals surface area contributed by atoms with Gasteiger partial charge in [0.05, 0.1) is 32.4 Å². The van der Waals surface area contributed by atoms with Gasteiger partial charge in [-0.05, 0) is 29.7 Å². The number of hydrogen-bond donors (Lipinski definition) is 1. The number of nitrogens with one attached hydrogen (secondary N) is 1. The summed E-state index contributed by atoms with van der Waals surface area (Å²) in [4.78, 5) is 19.4. The fourth-order valence-electron chi connectivity index (χ4n) is 3.66. The molecule has 0 bridgehead atoms. The van der Waals surface area contributed by atoms with E-state index in [0.717, 1.165) is 61.3 Å². The standard InChI is InChI=1S/C25H29N3O3S/c1-30-23-8-4-19(5-9-23)10-11-26-24(29)16-22-18-32-25(27-22)21-6-2-20(3-7-21)17-28-12-14-31-15-13-28/h2-9,18H,10-17H2,1H3,(H,26,29). The van der Waals surface area contributed by atoms with E-state index in [1.807, 2.05) is 29.6 Å². The maximum Gasteiger partial charge on any atom is 0.226 e. The van der Waals surface area contributed by atoms with Crippen molar-refractivity contribution in [2.24, 2.45) is 0 Å². The van der Waals surface area contributed by atoms with Crippen molar-refractivity contribution in [2.45, 2.75) is 19.4 Å². The lowest BCUT2D eigenvalue weighted by atomic mass is 10.1. The van der Waals surface area contributed by atoms with Gasteiger partial charge in [-0.1, -0.05) is 36.4 Å². The minimum absolute atomic E-state index is 0.00350. The zero-order valence-corrected chi connectivity index (χ0v) is 19.2. The second-order valence-electron chi connectivity index (χ2n) is 7.85. The largest absolute Gasteiger partial charge is 0.497 e. The Morgan fingerprint density at radius 1 is 1.09 bits per heavy atom. The molecular weight excluding hydrogens is 422 g/mol. The van der Waals surface area contributed by atoms with Crippen LogP contribution in [0.25, 0.3) is 10.6 Å². The number of methoxy groups -OCH3 is 1. The minimum Gasteiger partial charge on any atom is -0.497 e. The number of morpholine rings is 1. The van der Waals surface area contributed by atoms with Crippen molar-refractivity contribution in [3.8, 4) is 16.3 Å². The number of ether oxygens (including phenoxy) is 2. The summed E-state index contributed by atoms with van der Waals surface area (Å²) in [5.41, 5.74) is 4.36. The quantitative estimate of drug-likeness (QED) is 0.539. The molecule has 0 saturated carbocycles. The average molecular weight is 452 g/mol. The molecule has 32 heavy (non-hydrogen) atoms. The summed E-state index contributed by atoms with van der Waals surface area (Å²) >= 11 is 1.58. The van der Waals surface area contributed by atoms with Crippen LogP contribution >= 0.6 is 11.3 Å². The van der Waals surface area contributed by atoms with Gasteiger partial charge in [0.25, 0.3) is 0 Å². The predicted octanol–water partition coefficient (Wildman–Crippen LogP) is 3.55. The van der Waals surface area contributed by atoms with Gasteiger partial charge in [0.1, 0.15) is 10.8 Å². The first-order valence-corrected chi connectivity index (χ1v) is 11.8. The Hall–Kier alpha value is -2.74. The predicted molar refractivity (Wildman–Crippen MR) is 127 cm³/mol. The number of aromatic nitrogens is 1. The van der Waals surface area contributed by atoms with Crippen molar-refractivity contribution in [3.63, 3.8) is 0 Å². The lowest BCUT2D eigenvalue weighted by Gasteiger charge is -2.26. The first-order valence-electron chi connectivity index (χ1n) is 10.9. The molecule has 168 valence electrons. The van der Waals surface area contributed by atoms with E-state index in [4.69, 9.17) is 9.47 Å². The third-order valence-corrected chi connectivity index (χ3v) is 6.44. The molecule has 0 radical (unpaired) electrons. The van der Waals surface area contributed by atoms with Gasteiger partial charge < -0.3 is 14.8 Å². The molecule has 7 heteroatoms. The van der Waals surface area contributed by atoms with E-state index >= 15 is 0 Å². The van der Waals surface area contributed by atoms with E-state index in [0.29, 0.717) is 13.0 Å². The molecule has 0 spiro atoms. The van der Waals surface area contributed by atoms with Crippen LogP contribution in [0.4, 0.5) is 0 Å². The summed E-state index contributed by atoms with van der Waals surface area (Å²) in [6.45, 7) is 5.15. The molecule has 6 nitrogen and oxygen atoms in total. The number of thiazole rings is 1. The monoisotopic (exact) mass is 451 g/mol. The van der Waals surface area contributed by atoms with Gasteiger partial charge in [0, 0.05) is 37.1 Å². The maximum atomic E-state index is 12.3. The highest BCUT2D eigenvalue weighted by Crippen LogP contribution is 2.24. The maximum absolute atomic E-state index is 12.3. The molecule has 2 heterocycles. The SMILES string of the molecule is COc1ccc(CCNC(=O)Cc2csc(-c3ccc(CN4CCOCC4)cc3)n2)cc1. The number of nitrogens with zero attached hydrogens (tertiary/aromatic N) is 2. The molecule has 0 aliphatic carbocycles. The minimum atomic E-state index is -0.00350. The van der Waals surface area contributed by atoms with Crippen LogP contribution in [0, 0.1) is 0 Å². The van der Waals surface area contributed by atoms with Crippen molar-refractivity contribution in [3.05, 3.63) is 70.7 Å². The summed E-state index contributed by atoms with van der Waals surface area (Å²) in [6, 6.07) is 16.5. The summed E-state index contributed by atoms with van der Waals surface area (Å²) in [6.07, 6.45) is 1.09. The molecule has 1 N–H and O–H groups in total. The van der Waals surface area contributed by atoms with Crippen LogP contribution in [0.1, 0.15) is 16.8 Å². The molecule has 1 aromatic heterocycles. The van der Waals surface area contributed by atoms with Gasteiger partial charge >= 0.3 is 0 Å². The fraction of sp³-hybridized carbons (Fsp3) is 0.360. The van der Waals surface area contributed by atoms with E-state index in [1.165, 1.54) is 11.1 Å². The van der Waals surface area contributed by atoms with Crippen LogP contribution in [-0.2, 0) is 28.9 Å². The lowest BCUT2D eigenvalue weighted by molar-refractivity contribution is -0.120. The van der Waals surface area contributed by atoms with Crippen LogP contribution in [0.15, 0.2) is 53.9 Å². The van der Waals surface area contributed by atoms with Crippen LogP contribution in [0.3, 0.4) is 0 Å². The summed E-state index contributed by atoms with van der Waals surface area (Å²) in [5.74, 6) is 0.833. The number of hydrogen-bond acceptors (Lipinski definition) is 6. The third kappa shape index (κ3) is 6.38. The Labute approximate surface area is 193 Å². The zero-order valence-electron chi connectivity index (χ0n) is 18.4. The van der Waals surface area contributed by atoms with E-state index in [2.05, 4.69) is 39.5 Å². The van der Waals surface area contributed by atoms with E-state index < -0.39 is 0 Å². The molecule has 1 fully saturated rings. The average Bonchev–Trinajstić information content (AvgIpc) is 3.29. The molecule has 4 rings (SSSR count). The van der Waals surface area contributed by atoms with Crippen LogP contribution in [0.5, 0.6) is 5.75 Å². The summed E-state index contributed by atoms with van der Waals surface area (Å²) in [7, 11) is 1.65. The van der Waals surface area contributed by atoms with Crippen molar-refractivity contribution in [2.75, 3.05) is 40.0 Å². The number of carbonyl (C=O) groups is 1. The van der Waals surface area contributed by atoms with Crippen molar-refractivity contribution in [1.29, 1.82) is 0 Å². The number of benzene rings is 2. The molecule has 1 aliphatic heterocycles. The molecule has 1 aliphatic rings. The van der Waals surface area contributed by atoms with Gasteiger partial charge in [-0.3, -0.25) is 9.69 Å². The smallest absolute Gasteiger partial charge is 0.226 e. The Morgan fingerprint density at radius 3 is 2.53 bits per heavy atom. The zero-order chi connectivity index (χ0) is 22.2. The third-order valence-electron chi connectivity index (χ3n) is 5.50. The molecule has 2 aromatic carbocycles. The Kier molecular flexibility index (Phi) is 7.87. The fourth-order valence-corrected chi connectivity index (χ4v) is 4.48. The lowest BCUT2D eigenvalue weighted by Crippen LogP contribution is -2.35. The van der Waals surface area contributed by atoms with E-state index in [-0.39, 0.29) is 5.91 Å². The topological polar surface area (TPSA) is 63.7 Å². The molecule has 0 unspecified atom stereocenters. The van der Waals surface area contributed by atoms with Gasteiger partial charge in [0.2, 0.25) is 5.91 Å². The highest BCUT2D eigenvalue weighted by molar-refractivity contribution is 7.13. The molecule has 0 atom stereocenters. The van der Waals surface area contributed by atoms with Gasteiger partial charge in [-0.15, -0.1) is 11.3 Å². The first-order chi connectivity index (χ1) is 15.7. The van der Waals surface area contributed by atoms with Gasteiger partial charge in [-0.25, -0.2) is 4.98 Å². The Bertz CT molecular complexity index is 996. The van der Waals surface area contributed by atoms with Crippen LogP contribution in [-0.4, -0.2) is 55.7 Å². The normalized spacial score (nSPS) is 14.3. The van der Waals surface area contributed by atoms with E-state index in [1.54, 1.807) is 18.4 Å². The van der Waals surface area contributed by atoms with Crippen LogP contribution < -0.4 is 10.1 Å². The summed E-state index contributed by atoms with van der Waals surface area (Å²) < 4.78 is 10.6. The molecule has 3 aromatic rings. The Morgan fingerprint density at radius 2 is 1.81 bits per heavy atom. The summed E-state index contributed by atoms with van der Waals surface area (Å²) in [5, 5.41) is 5.90. The highest BCUT2D eigenvalue weighted by Gasteiger charge is 2.12. The molecule has 1 saturated heterocycles. The molecule has 1 amide bonds. The number of amides is 1. The van der Waals surface area contributed by atoms with Gasteiger partial charge in [-0.2, -0.15) is 0 Å². The van der Waals surface area contributed by atoms with Crippen molar-refractivity contribution < 1.29 is 14.3 Å². The Balaban J connectivity index is 1.24.